The van der Waals surface area contributed by atoms with Crippen LogP contribution in [-0.2, 0) is 27.4 Å². The summed E-state index contributed by atoms with van der Waals surface area (Å²) in [6.07, 6.45) is 6.25. The van der Waals surface area contributed by atoms with Crippen molar-refractivity contribution >= 4 is 16.8 Å². The summed E-state index contributed by atoms with van der Waals surface area (Å²) in [4.78, 5) is 17.7. The molecule has 0 aliphatic carbocycles. The summed E-state index contributed by atoms with van der Waals surface area (Å²) in [5.41, 5.74) is 2.57. The van der Waals surface area contributed by atoms with Crippen molar-refractivity contribution in [3.8, 4) is 5.75 Å². The first-order valence-corrected chi connectivity index (χ1v) is 11.9. The molecule has 0 N–H and O–H groups in total. The van der Waals surface area contributed by atoms with Crippen molar-refractivity contribution in [2.24, 2.45) is 0 Å². The van der Waals surface area contributed by atoms with Gasteiger partial charge in [0.15, 0.2) is 0 Å². The number of likely N-dealkylation sites (tertiary alicyclic amines) is 1. The van der Waals surface area contributed by atoms with Crippen molar-refractivity contribution in [1.29, 1.82) is 0 Å². The van der Waals surface area contributed by atoms with Gasteiger partial charge in [0, 0.05) is 69.1 Å². The number of hydrogen-bond acceptors (Lipinski definition) is 5. The molecule has 0 saturated carbocycles. The van der Waals surface area contributed by atoms with Crippen LogP contribution in [0.25, 0.3) is 10.9 Å². The van der Waals surface area contributed by atoms with Crippen LogP contribution in [0.1, 0.15) is 38.2 Å². The molecule has 7 nitrogen and oxygen atoms in total. The van der Waals surface area contributed by atoms with E-state index in [4.69, 9.17) is 14.2 Å². The first-order valence-electron chi connectivity index (χ1n) is 11.9. The fourth-order valence-corrected chi connectivity index (χ4v) is 5.37. The Labute approximate surface area is 191 Å². The van der Waals surface area contributed by atoms with Gasteiger partial charge in [0.05, 0.1) is 7.11 Å². The second-order valence-electron chi connectivity index (χ2n) is 8.93. The molecule has 1 atom stereocenters. The Kier molecular flexibility index (Phi) is 7.71. The van der Waals surface area contributed by atoms with Crippen LogP contribution >= 0.6 is 0 Å². The highest BCUT2D eigenvalue weighted by atomic mass is 16.5. The maximum atomic E-state index is 13.0. The topological polar surface area (TPSA) is 56.2 Å². The Morgan fingerprint density at radius 1 is 1.19 bits per heavy atom. The molecule has 1 aromatic heterocycles. The molecule has 2 fully saturated rings. The van der Waals surface area contributed by atoms with Gasteiger partial charge in [-0.1, -0.05) is 0 Å². The van der Waals surface area contributed by atoms with Gasteiger partial charge < -0.3 is 23.7 Å². The molecule has 2 aliphatic heterocycles. The highest BCUT2D eigenvalue weighted by molar-refractivity contribution is 5.85. The minimum Gasteiger partial charge on any atom is -0.497 e. The Morgan fingerprint density at radius 2 is 2.00 bits per heavy atom. The smallest absolute Gasteiger partial charge is 0.249 e. The van der Waals surface area contributed by atoms with Crippen molar-refractivity contribution in [3.05, 3.63) is 30.0 Å². The number of piperidine rings is 1. The number of carbonyl (C=O) groups excluding carboxylic acids is 1. The molecule has 0 bridgehead atoms. The number of carbonyl (C=O) groups is 1. The lowest BCUT2D eigenvalue weighted by Gasteiger charge is -2.44. The third kappa shape index (κ3) is 4.95. The lowest BCUT2D eigenvalue weighted by molar-refractivity contribution is -0.144. The summed E-state index contributed by atoms with van der Waals surface area (Å²) < 4.78 is 18.6. The van der Waals surface area contributed by atoms with Crippen molar-refractivity contribution < 1.29 is 19.0 Å². The lowest BCUT2D eigenvalue weighted by Crippen LogP contribution is -2.55. The van der Waals surface area contributed by atoms with E-state index < -0.39 is 0 Å². The highest BCUT2D eigenvalue weighted by Gasteiger charge is 2.34. The summed E-state index contributed by atoms with van der Waals surface area (Å²) in [5, 5.41) is 1.25. The quantitative estimate of drug-likeness (QED) is 0.627. The zero-order chi connectivity index (χ0) is 22.5. The van der Waals surface area contributed by atoms with Gasteiger partial charge in [-0.25, -0.2) is 0 Å². The summed E-state index contributed by atoms with van der Waals surface area (Å²) in [6, 6.07) is 6.80. The number of rotatable bonds is 8. The molecule has 1 unspecified atom stereocenters. The maximum absolute atomic E-state index is 13.0. The second-order valence-corrected chi connectivity index (χ2v) is 8.93. The molecule has 2 aliphatic rings. The van der Waals surface area contributed by atoms with E-state index in [1.165, 1.54) is 16.5 Å². The van der Waals surface area contributed by atoms with Crippen LogP contribution in [0.3, 0.4) is 0 Å². The third-order valence-corrected chi connectivity index (χ3v) is 6.92. The SMILES string of the molecule is CCn1cc(CN2CCCC(N(C(=O)COC)C3CCOCC3)C2)c2cc(OC)ccc21. The Morgan fingerprint density at radius 3 is 2.72 bits per heavy atom. The van der Waals surface area contributed by atoms with Crippen molar-refractivity contribution in [3.63, 3.8) is 0 Å². The number of fused-ring (bicyclic) bond motifs is 1. The number of aryl methyl sites for hydroxylation is 1. The van der Waals surface area contributed by atoms with Gasteiger partial charge in [-0.15, -0.1) is 0 Å². The van der Waals surface area contributed by atoms with E-state index in [2.05, 4.69) is 39.6 Å². The molecular weight excluding hydrogens is 406 g/mol. The lowest BCUT2D eigenvalue weighted by atomic mass is 9.98. The number of aromatic nitrogens is 1. The average molecular weight is 444 g/mol. The van der Waals surface area contributed by atoms with Gasteiger partial charge in [0.2, 0.25) is 5.91 Å². The van der Waals surface area contributed by atoms with Crippen LogP contribution in [0, 0.1) is 0 Å². The Bertz CT molecular complexity index is 906. The van der Waals surface area contributed by atoms with E-state index >= 15 is 0 Å². The minimum absolute atomic E-state index is 0.110. The Balaban J connectivity index is 1.53. The molecular formula is C25H37N3O4. The van der Waals surface area contributed by atoms with Gasteiger partial charge >= 0.3 is 0 Å². The Hall–Kier alpha value is -2.09. The largest absolute Gasteiger partial charge is 0.497 e. The normalized spacial score (nSPS) is 20.5. The monoisotopic (exact) mass is 443 g/mol. The van der Waals surface area contributed by atoms with Gasteiger partial charge in [0.1, 0.15) is 12.4 Å². The van der Waals surface area contributed by atoms with E-state index in [9.17, 15) is 4.79 Å². The third-order valence-electron chi connectivity index (χ3n) is 6.92. The van der Waals surface area contributed by atoms with Crippen LogP contribution in [0.2, 0.25) is 0 Å². The second kappa shape index (κ2) is 10.7. The minimum atomic E-state index is 0.110. The molecule has 7 heteroatoms. The van der Waals surface area contributed by atoms with Gasteiger partial charge in [0.25, 0.3) is 0 Å². The fourth-order valence-electron chi connectivity index (χ4n) is 5.37. The number of benzene rings is 1. The highest BCUT2D eigenvalue weighted by Crippen LogP contribution is 2.29. The van der Waals surface area contributed by atoms with Crippen molar-refractivity contribution in [2.45, 2.75) is 57.8 Å². The predicted octanol–water partition coefficient (Wildman–Crippen LogP) is 3.29. The van der Waals surface area contributed by atoms with E-state index in [0.717, 1.165) is 70.8 Å². The summed E-state index contributed by atoms with van der Waals surface area (Å²) in [7, 11) is 3.32. The van der Waals surface area contributed by atoms with Crippen LogP contribution in [0.15, 0.2) is 24.4 Å². The number of ether oxygens (including phenoxy) is 3. The molecule has 1 amide bonds. The summed E-state index contributed by atoms with van der Waals surface area (Å²) in [5.74, 6) is 0.999. The molecule has 32 heavy (non-hydrogen) atoms. The number of amides is 1. The van der Waals surface area contributed by atoms with Crippen molar-refractivity contribution in [1.82, 2.24) is 14.4 Å². The van der Waals surface area contributed by atoms with Crippen LogP contribution in [-0.4, -0.2) is 79.5 Å². The number of hydrogen-bond donors (Lipinski definition) is 0. The maximum Gasteiger partial charge on any atom is 0.249 e. The standard InChI is InChI=1S/C25H37N3O4/c1-4-27-16-19(23-14-22(31-3)7-8-24(23)27)15-26-11-5-6-21(17-26)28(25(29)18-30-2)20-9-12-32-13-10-20/h7-8,14,16,20-21H,4-6,9-13,15,17-18H2,1-3H3. The predicted molar refractivity (Wildman–Crippen MR) is 125 cm³/mol. The molecule has 1 aromatic carbocycles. The van der Waals surface area contributed by atoms with Crippen LogP contribution in [0.4, 0.5) is 0 Å². The molecule has 2 saturated heterocycles. The van der Waals surface area contributed by atoms with E-state index in [1.807, 2.05) is 6.07 Å². The number of methoxy groups -OCH3 is 2. The first kappa shape index (κ1) is 23.1. The van der Waals surface area contributed by atoms with Crippen LogP contribution < -0.4 is 4.74 Å². The van der Waals surface area contributed by atoms with Gasteiger partial charge in [-0.2, -0.15) is 0 Å². The van der Waals surface area contributed by atoms with Gasteiger partial charge in [-0.05, 0) is 62.9 Å². The molecule has 3 heterocycles. The van der Waals surface area contributed by atoms with Crippen LogP contribution in [0.5, 0.6) is 5.75 Å². The molecule has 4 rings (SSSR count). The van der Waals surface area contributed by atoms with E-state index in [0.29, 0.717) is 0 Å². The van der Waals surface area contributed by atoms with E-state index in [1.54, 1.807) is 14.2 Å². The number of nitrogens with zero attached hydrogens (tertiary/aromatic N) is 3. The molecule has 176 valence electrons. The van der Waals surface area contributed by atoms with E-state index in [-0.39, 0.29) is 24.6 Å². The summed E-state index contributed by atoms with van der Waals surface area (Å²) >= 11 is 0. The zero-order valence-electron chi connectivity index (χ0n) is 19.7. The average Bonchev–Trinajstić information content (AvgIpc) is 3.17. The fraction of sp³-hybridized carbons (Fsp3) is 0.640. The van der Waals surface area contributed by atoms with Crippen molar-refractivity contribution in [2.75, 3.05) is 47.1 Å². The van der Waals surface area contributed by atoms with Gasteiger partial charge in [-0.3, -0.25) is 9.69 Å². The molecule has 2 aromatic rings. The summed E-state index contributed by atoms with van der Waals surface area (Å²) in [6.45, 7) is 7.57. The first-order chi connectivity index (χ1) is 15.6. The zero-order valence-corrected chi connectivity index (χ0v) is 19.7. The molecule has 0 radical (unpaired) electrons. The molecule has 0 spiro atoms.